The number of hydrogen-bond donors (Lipinski definition) is 0. The Kier molecular flexibility index (Phi) is 5.61. The van der Waals surface area contributed by atoms with Crippen LogP contribution in [0.15, 0.2) is 29.0 Å². The van der Waals surface area contributed by atoms with Crippen LogP contribution >= 0.6 is 0 Å². The summed E-state index contributed by atoms with van der Waals surface area (Å²) in [6.45, 7) is 2.51. The third kappa shape index (κ3) is 4.04. The molecule has 2 aromatic heterocycles. The molecule has 0 atom stereocenters. The van der Waals surface area contributed by atoms with E-state index in [1.807, 2.05) is 12.1 Å². The highest BCUT2D eigenvalue weighted by atomic mass is 32.2. The minimum absolute atomic E-state index is 0.135. The van der Waals surface area contributed by atoms with Gasteiger partial charge in [0.1, 0.15) is 16.9 Å². The van der Waals surface area contributed by atoms with E-state index in [1.54, 1.807) is 16.8 Å². The topological polar surface area (TPSA) is 102 Å². The van der Waals surface area contributed by atoms with Crippen molar-refractivity contribution >= 4 is 27.2 Å². The van der Waals surface area contributed by atoms with E-state index in [9.17, 15) is 13.2 Å². The highest BCUT2D eigenvalue weighted by Gasteiger charge is 2.44. The molecule has 10 heteroatoms. The van der Waals surface area contributed by atoms with Crippen molar-refractivity contribution in [2.45, 2.75) is 43.0 Å². The first-order valence-corrected chi connectivity index (χ1v) is 12.4. The number of hydrogen-bond acceptors (Lipinski definition) is 7. The van der Waals surface area contributed by atoms with Gasteiger partial charge in [0.2, 0.25) is 10.0 Å². The summed E-state index contributed by atoms with van der Waals surface area (Å²) in [6, 6.07) is 3.73. The van der Waals surface area contributed by atoms with Crippen LogP contribution in [0, 0.1) is 0 Å². The minimum Gasteiger partial charge on any atom is -0.462 e. The normalized spacial score (nSPS) is 22.5. The lowest BCUT2D eigenvalue weighted by atomic mass is 9.91. The van der Waals surface area contributed by atoms with E-state index in [0.717, 1.165) is 29.5 Å². The van der Waals surface area contributed by atoms with E-state index in [4.69, 9.17) is 13.9 Å². The summed E-state index contributed by atoms with van der Waals surface area (Å²) >= 11 is 0. The molecule has 3 saturated heterocycles. The lowest BCUT2D eigenvalue weighted by molar-refractivity contribution is -0.0155. The highest BCUT2D eigenvalue weighted by molar-refractivity contribution is 7.89. The smallest absolute Gasteiger partial charge is 0.410 e. The maximum atomic E-state index is 13.0. The zero-order chi connectivity index (χ0) is 21.4. The molecule has 2 aromatic rings. The molecule has 5 rings (SSSR count). The lowest BCUT2D eigenvalue weighted by Gasteiger charge is -2.42. The number of furan rings is 1. The van der Waals surface area contributed by atoms with Crippen molar-refractivity contribution in [1.82, 2.24) is 14.2 Å². The van der Waals surface area contributed by atoms with Gasteiger partial charge in [0.15, 0.2) is 5.58 Å². The first-order chi connectivity index (χ1) is 15.0. The van der Waals surface area contributed by atoms with Gasteiger partial charge in [-0.2, -0.15) is 0 Å². The molecule has 3 aliphatic heterocycles. The third-order valence-corrected chi connectivity index (χ3v) is 8.80. The second kappa shape index (κ2) is 8.40. The predicted octanol–water partition coefficient (Wildman–Crippen LogP) is 2.34. The van der Waals surface area contributed by atoms with Crippen molar-refractivity contribution in [2.75, 3.05) is 39.4 Å². The van der Waals surface area contributed by atoms with E-state index >= 15 is 0 Å². The fourth-order valence-electron chi connectivity index (χ4n) is 4.59. The molecule has 0 radical (unpaired) electrons. The van der Waals surface area contributed by atoms with Gasteiger partial charge < -0.3 is 18.8 Å². The Morgan fingerprint density at radius 3 is 2.61 bits per heavy atom. The molecule has 0 aliphatic carbocycles. The molecule has 1 amide bonds. The summed E-state index contributed by atoms with van der Waals surface area (Å²) < 4.78 is 44.0. The van der Waals surface area contributed by atoms with E-state index in [1.165, 1.54) is 4.90 Å². The Balaban J connectivity index is 1.14. The van der Waals surface area contributed by atoms with Crippen LogP contribution in [0.4, 0.5) is 4.79 Å². The predicted molar refractivity (Wildman–Crippen MR) is 112 cm³/mol. The maximum absolute atomic E-state index is 13.0. The number of rotatable bonds is 4. The van der Waals surface area contributed by atoms with Gasteiger partial charge in [-0.1, -0.05) is 0 Å². The van der Waals surface area contributed by atoms with E-state index in [0.29, 0.717) is 39.1 Å². The van der Waals surface area contributed by atoms with Crippen LogP contribution in [0.2, 0.25) is 0 Å². The molecule has 0 N–H and O–H groups in total. The van der Waals surface area contributed by atoms with Gasteiger partial charge in [0.25, 0.3) is 0 Å². The summed E-state index contributed by atoms with van der Waals surface area (Å²) in [5, 5.41) is -0.553. The van der Waals surface area contributed by atoms with Gasteiger partial charge in [0, 0.05) is 50.8 Å². The number of amides is 1. The summed E-state index contributed by atoms with van der Waals surface area (Å²) in [5.74, 6) is 0.231. The number of carbonyl (C=O) groups excluding carboxylic acids is 1. The fraction of sp³-hybridized carbons (Fsp3) is 0.619. The van der Waals surface area contributed by atoms with E-state index < -0.39 is 21.4 Å². The SMILES string of the molecule is O=C(OC1CCOCC1)N1CC(S(=O)(=O)N2CCC(c3coc4cccnc34)CC2)C1. The minimum atomic E-state index is -3.43. The Labute approximate surface area is 181 Å². The third-order valence-electron chi connectivity index (χ3n) is 6.57. The lowest BCUT2D eigenvalue weighted by Crippen LogP contribution is -2.60. The molecule has 3 fully saturated rings. The summed E-state index contributed by atoms with van der Waals surface area (Å²) in [5.41, 5.74) is 2.68. The van der Waals surface area contributed by atoms with Crippen molar-refractivity contribution < 1.29 is 27.1 Å². The molecule has 0 spiro atoms. The van der Waals surface area contributed by atoms with Crippen LogP contribution in [0.3, 0.4) is 0 Å². The first-order valence-electron chi connectivity index (χ1n) is 10.9. The Bertz CT molecular complexity index is 1030. The van der Waals surface area contributed by atoms with Gasteiger partial charge in [-0.3, -0.25) is 4.98 Å². The van der Waals surface area contributed by atoms with Gasteiger partial charge in [-0.05, 0) is 30.9 Å². The molecule has 168 valence electrons. The van der Waals surface area contributed by atoms with Crippen molar-refractivity contribution in [3.05, 3.63) is 30.2 Å². The molecule has 9 nitrogen and oxygen atoms in total. The second-order valence-corrected chi connectivity index (χ2v) is 10.7. The van der Waals surface area contributed by atoms with Gasteiger partial charge in [-0.15, -0.1) is 0 Å². The maximum Gasteiger partial charge on any atom is 0.410 e. The van der Waals surface area contributed by atoms with E-state index in [-0.39, 0.29) is 25.1 Å². The molecule has 31 heavy (non-hydrogen) atoms. The van der Waals surface area contributed by atoms with Crippen LogP contribution in [0.25, 0.3) is 11.1 Å². The number of piperidine rings is 1. The number of aromatic nitrogens is 1. The van der Waals surface area contributed by atoms with Crippen LogP contribution in [-0.4, -0.2) is 79.4 Å². The second-order valence-electron chi connectivity index (χ2n) is 8.48. The summed E-state index contributed by atoms with van der Waals surface area (Å²) in [6.07, 6.45) is 5.78. The Morgan fingerprint density at radius 1 is 1.13 bits per heavy atom. The molecule has 3 aliphatic rings. The first kappa shape index (κ1) is 20.7. The molecular formula is C21H27N3O6S. The monoisotopic (exact) mass is 449 g/mol. The Morgan fingerprint density at radius 2 is 1.87 bits per heavy atom. The summed E-state index contributed by atoms with van der Waals surface area (Å²) in [7, 11) is -3.43. The zero-order valence-corrected chi connectivity index (χ0v) is 18.1. The van der Waals surface area contributed by atoms with Crippen molar-refractivity contribution in [2.24, 2.45) is 0 Å². The largest absolute Gasteiger partial charge is 0.462 e. The number of ether oxygens (including phenoxy) is 2. The van der Waals surface area contributed by atoms with Crippen molar-refractivity contribution in [1.29, 1.82) is 0 Å². The number of carbonyl (C=O) groups is 1. The van der Waals surface area contributed by atoms with Gasteiger partial charge >= 0.3 is 6.09 Å². The van der Waals surface area contributed by atoms with Gasteiger partial charge in [0.05, 0.1) is 19.5 Å². The molecule has 0 unspecified atom stereocenters. The fourth-order valence-corrected chi connectivity index (χ4v) is 6.47. The molecule has 0 saturated carbocycles. The Hall–Kier alpha value is -2.17. The van der Waals surface area contributed by atoms with Crippen molar-refractivity contribution in [3.8, 4) is 0 Å². The van der Waals surface area contributed by atoms with Crippen LogP contribution in [-0.2, 0) is 19.5 Å². The quantitative estimate of drug-likeness (QED) is 0.706. The number of likely N-dealkylation sites (tertiary alicyclic amines) is 1. The average molecular weight is 450 g/mol. The van der Waals surface area contributed by atoms with Gasteiger partial charge in [-0.25, -0.2) is 17.5 Å². The number of fused-ring (bicyclic) bond motifs is 1. The molecular weight excluding hydrogens is 422 g/mol. The highest BCUT2D eigenvalue weighted by Crippen LogP contribution is 2.35. The number of nitrogens with zero attached hydrogens (tertiary/aromatic N) is 3. The van der Waals surface area contributed by atoms with Crippen LogP contribution in [0.1, 0.15) is 37.2 Å². The summed E-state index contributed by atoms with van der Waals surface area (Å²) in [4.78, 5) is 18.2. The molecule has 0 aromatic carbocycles. The number of pyridine rings is 1. The zero-order valence-electron chi connectivity index (χ0n) is 17.3. The van der Waals surface area contributed by atoms with Crippen LogP contribution < -0.4 is 0 Å². The number of sulfonamides is 1. The molecule has 5 heterocycles. The van der Waals surface area contributed by atoms with E-state index in [2.05, 4.69) is 4.98 Å². The molecule has 0 bridgehead atoms. The average Bonchev–Trinajstić information content (AvgIpc) is 3.17. The van der Waals surface area contributed by atoms with Crippen molar-refractivity contribution in [3.63, 3.8) is 0 Å². The van der Waals surface area contributed by atoms with Crippen LogP contribution in [0.5, 0.6) is 0 Å². The standard InChI is InChI=1S/C21H27N3O6S/c25-21(30-16-5-10-28-11-6-16)23-12-17(13-23)31(26,27)24-8-3-15(4-9-24)18-14-29-19-2-1-7-22-20(18)19/h1-2,7,14-17H,3-6,8-13H2.